The number of fused-ring (bicyclic) bond motifs is 1. The van der Waals surface area contributed by atoms with Crippen molar-refractivity contribution in [1.82, 2.24) is 9.97 Å². The Balaban J connectivity index is 1.67. The standard InChI is InChI=1S/C22H21N3O4S/c1-12-5-3-4-6-14(12)11-30-22-24-20-19(21(28)25-22)15(10-18(27)23-20)13-7-8-17(29-2)16(26)9-13/h3-9,15,26H,10-11H2,1-2H3,(H2,23,24,25,27,28)/t15-/m0/s1. The monoisotopic (exact) mass is 423 g/mol. The Morgan fingerprint density at radius 3 is 2.77 bits per heavy atom. The number of anilines is 1. The van der Waals surface area contributed by atoms with Gasteiger partial charge < -0.3 is 20.1 Å². The summed E-state index contributed by atoms with van der Waals surface area (Å²) >= 11 is 1.41. The molecule has 154 valence electrons. The molecular weight excluding hydrogens is 402 g/mol. The number of carbonyl (C=O) groups is 1. The summed E-state index contributed by atoms with van der Waals surface area (Å²) in [6, 6.07) is 12.9. The number of thioether (sulfide) groups is 1. The van der Waals surface area contributed by atoms with E-state index in [1.807, 2.05) is 31.2 Å². The average Bonchev–Trinajstić information content (AvgIpc) is 2.72. The Morgan fingerprint density at radius 1 is 1.23 bits per heavy atom. The lowest BCUT2D eigenvalue weighted by atomic mass is 9.86. The molecule has 0 fully saturated rings. The molecule has 3 N–H and O–H groups in total. The first kappa shape index (κ1) is 20.0. The molecule has 0 aliphatic carbocycles. The number of phenols is 1. The minimum absolute atomic E-state index is 0.0441. The number of hydrogen-bond donors (Lipinski definition) is 3. The van der Waals surface area contributed by atoms with E-state index in [1.165, 1.54) is 24.9 Å². The summed E-state index contributed by atoms with van der Waals surface area (Å²) in [5, 5.41) is 13.3. The number of phenolic OH excluding ortho intramolecular Hbond substituents is 1. The third-order valence-electron chi connectivity index (χ3n) is 5.16. The topological polar surface area (TPSA) is 104 Å². The van der Waals surface area contributed by atoms with Crippen LogP contribution in [-0.4, -0.2) is 28.1 Å². The SMILES string of the molecule is COc1ccc([C@@H]2CC(=O)Nc3nc(SCc4ccccc4C)[nH]c(=O)c32)cc1O. The van der Waals surface area contributed by atoms with E-state index in [0.29, 0.717) is 27.8 Å². The van der Waals surface area contributed by atoms with E-state index in [4.69, 9.17) is 4.74 Å². The molecule has 1 amide bonds. The molecule has 2 aromatic carbocycles. The van der Waals surface area contributed by atoms with Gasteiger partial charge in [0.2, 0.25) is 5.91 Å². The van der Waals surface area contributed by atoms with Crippen molar-refractivity contribution in [3.8, 4) is 11.5 Å². The number of hydrogen-bond acceptors (Lipinski definition) is 6. The van der Waals surface area contributed by atoms with Crippen molar-refractivity contribution in [3.05, 3.63) is 75.1 Å². The molecule has 0 bridgehead atoms. The van der Waals surface area contributed by atoms with Gasteiger partial charge in [0.15, 0.2) is 16.7 Å². The smallest absolute Gasteiger partial charge is 0.257 e. The zero-order valence-electron chi connectivity index (χ0n) is 16.6. The van der Waals surface area contributed by atoms with Gasteiger partial charge in [-0.1, -0.05) is 42.1 Å². The number of aromatic nitrogens is 2. The lowest BCUT2D eigenvalue weighted by Crippen LogP contribution is -2.31. The first-order valence-electron chi connectivity index (χ1n) is 9.44. The number of amides is 1. The molecular formula is C22H21N3O4S. The van der Waals surface area contributed by atoms with Gasteiger partial charge in [-0.15, -0.1) is 0 Å². The van der Waals surface area contributed by atoms with Crippen molar-refractivity contribution < 1.29 is 14.6 Å². The van der Waals surface area contributed by atoms with Gasteiger partial charge in [0.1, 0.15) is 5.82 Å². The molecule has 30 heavy (non-hydrogen) atoms. The second-order valence-corrected chi connectivity index (χ2v) is 8.05. The molecule has 1 aliphatic rings. The first-order chi connectivity index (χ1) is 14.5. The summed E-state index contributed by atoms with van der Waals surface area (Å²) in [7, 11) is 1.46. The summed E-state index contributed by atoms with van der Waals surface area (Å²) < 4.78 is 5.08. The Kier molecular flexibility index (Phi) is 5.50. The van der Waals surface area contributed by atoms with E-state index in [2.05, 4.69) is 15.3 Å². The minimum Gasteiger partial charge on any atom is -0.504 e. The number of ether oxygens (including phenoxy) is 1. The third-order valence-corrected chi connectivity index (χ3v) is 6.08. The summed E-state index contributed by atoms with van der Waals surface area (Å²) in [6.45, 7) is 2.04. The molecule has 0 radical (unpaired) electrons. The highest BCUT2D eigenvalue weighted by atomic mass is 32.2. The molecule has 8 heteroatoms. The maximum absolute atomic E-state index is 12.9. The minimum atomic E-state index is -0.503. The van der Waals surface area contributed by atoms with Crippen LogP contribution in [0.1, 0.15) is 34.6 Å². The maximum atomic E-state index is 12.9. The van der Waals surface area contributed by atoms with Crippen molar-refractivity contribution in [2.24, 2.45) is 0 Å². The number of aromatic amines is 1. The molecule has 7 nitrogen and oxygen atoms in total. The highest BCUT2D eigenvalue weighted by molar-refractivity contribution is 7.98. The van der Waals surface area contributed by atoms with Gasteiger partial charge >= 0.3 is 0 Å². The van der Waals surface area contributed by atoms with Crippen molar-refractivity contribution >= 4 is 23.5 Å². The van der Waals surface area contributed by atoms with Crippen LogP contribution in [-0.2, 0) is 10.5 Å². The number of benzene rings is 2. The van der Waals surface area contributed by atoms with Crippen LogP contribution in [0.3, 0.4) is 0 Å². The molecule has 3 aromatic rings. The number of rotatable bonds is 5. The van der Waals surface area contributed by atoms with E-state index in [0.717, 1.165) is 11.1 Å². The fourth-order valence-electron chi connectivity index (χ4n) is 3.55. The molecule has 1 aliphatic heterocycles. The van der Waals surface area contributed by atoms with E-state index >= 15 is 0 Å². The largest absolute Gasteiger partial charge is 0.504 e. The molecule has 2 heterocycles. The molecule has 1 aromatic heterocycles. The number of nitrogens with one attached hydrogen (secondary N) is 2. The second-order valence-electron chi connectivity index (χ2n) is 7.08. The van der Waals surface area contributed by atoms with Gasteiger partial charge in [-0.2, -0.15) is 0 Å². The zero-order valence-corrected chi connectivity index (χ0v) is 17.4. The van der Waals surface area contributed by atoms with Gasteiger partial charge in [0.05, 0.1) is 12.7 Å². The van der Waals surface area contributed by atoms with Crippen LogP contribution in [0.2, 0.25) is 0 Å². The Labute approximate surface area is 177 Å². The Morgan fingerprint density at radius 2 is 2.03 bits per heavy atom. The predicted octanol–water partition coefficient (Wildman–Crippen LogP) is 3.56. The first-order valence-corrected chi connectivity index (χ1v) is 10.4. The third kappa shape index (κ3) is 3.91. The van der Waals surface area contributed by atoms with Gasteiger partial charge in [-0.25, -0.2) is 4.98 Å². The van der Waals surface area contributed by atoms with Crippen molar-refractivity contribution in [2.75, 3.05) is 12.4 Å². The number of H-pyrrole nitrogens is 1. The second kappa shape index (κ2) is 8.23. The van der Waals surface area contributed by atoms with E-state index in [1.54, 1.807) is 12.1 Å². The number of aromatic hydroxyl groups is 1. The fraction of sp³-hybridized carbons (Fsp3) is 0.227. The molecule has 0 unspecified atom stereocenters. The molecule has 0 spiro atoms. The number of aryl methyl sites for hydroxylation is 1. The highest BCUT2D eigenvalue weighted by Crippen LogP contribution is 2.38. The average molecular weight is 423 g/mol. The van der Waals surface area contributed by atoms with Crippen molar-refractivity contribution in [1.29, 1.82) is 0 Å². The van der Waals surface area contributed by atoms with Gasteiger partial charge in [0.25, 0.3) is 5.56 Å². The highest BCUT2D eigenvalue weighted by Gasteiger charge is 2.31. The zero-order chi connectivity index (χ0) is 21.3. The summed E-state index contributed by atoms with van der Waals surface area (Å²) in [5.41, 5.74) is 3.06. The van der Waals surface area contributed by atoms with Crippen LogP contribution >= 0.6 is 11.8 Å². The molecule has 0 saturated heterocycles. The van der Waals surface area contributed by atoms with Crippen LogP contribution in [0.25, 0.3) is 0 Å². The van der Waals surface area contributed by atoms with Crippen LogP contribution in [0, 0.1) is 6.92 Å². The van der Waals surface area contributed by atoms with Crippen LogP contribution < -0.4 is 15.6 Å². The van der Waals surface area contributed by atoms with Gasteiger partial charge in [0, 0.05) is 18.1 Å². The predicted molar refractivity (Wildman–Crippen MR) is 115 cm³/mol. The van der Waals surface area contributed by atoms with Crippen LogP contribution in [0.15, 0.2) is 52.4 Å². The normalized spacial score (nSPS) is 15.4. The number of carbonyl (C=O) groups excluding carboxylic acids is 1. The fourth-order valence-corrected chi connectivity index (χ4v) is 4.48. The van der Waals surface area contributed by atoms with Crippen LogP contribution in [0.5, 0.6) is 11.5 Å². The number of methoxy groups -OCH3 is 1. The van der Waals surface area contributed by atoms with E-state index in [-0.39, 0.29) is 29.5 Å². The number of nitrogens with zero attached hydrogens (tertiary/aromatic N) is 1. The summed E-state index contributed by atoms with van der Waals surface area (Å²) in [6.07, 6.45) is 0.0965. The molecule has 4 rings (SSSR count). The van der Waals surface area contributed by atoms with E-state index < -0.39 is 5.92 Å². The van der Waals surface area contributed by atoms with Gasteiger partial charge in [-0.3, -0.25) is 9.59 Å². The van der Waals surface area contributed by atoms with Crippen LogP contribution in [0.4, 0.5) is 5.82 Å². The molecule has 0 saturated carbocycles. The Bertz CT molecular complexity index is 1180. The Hall–Kier alpha value is -3.26. The lowest BCUT2D eigenvalue weighted by Gasteiger charge is -2.24. The van der Waals surface area contributed by atoms with Crippen molar-refractivity contribution in [2.45, 2.75) is 30.2 Å². The molecule has 1 atom stereocenters. The lowest BCUT2D eigenvalue weighted by molar-refractivity contribution is -0.116. The quantitative estimate of drug-likeness (QED) is 0.428. The van der Waals surface area contributed by atoms with Gasteiger partial charge in [-0.05, 0) is 35.7 Å². The summed E-state index contributed by atoms with van der Waals surface area (Å²) in [4.78, 5) is 32.5. The van der Waals surface area contributed by atoms with Crippen molar-refractivity contribution in [3.63, 3.8) is 0 Å². The maximum Gasteiger partial charge on any atom is 0.257 e. The summed E-state index contributed by atoms with van der Waals surface area (Å²) in [5.74, 6) is 0.472. The van der Waals surface area contributed by atoms with E-state index in [9.17, 15) is 14.7 Å².